The number of nitrogens with zero attached hydrogens (tertiary/aromatic N) is 2. The Morgan fingerprint density at radius 2 is 1.80 bits per heavy atom. The van der Waals surface area contributed by atoms with Crippen LogP contribution in [0.4, 0.5) is 5.69 Å². The highest BCUT2D eigenvalue weighted by Crippen LogP contribution is 2.27. The fourth-order valence-electron chi connectivity index (χ4n) is 3.54. The number of imide groups is 1. The molecule has 2 saturated heterocycles. The van der Waals surface area contributed by atoms with Crippen LogP contribution in [0.5, 0.6) is 0 Å². The van der Waals surface area contributed by atoms with E-state index >= 15 is 0 Å². The van der Waals surface area contributed by atoms with Gasteiger partial charge < -0.3 is 4.74 Å². The highest BCUT2D eigenvalue weighted by molar-refractivity contribution is 6.22. The number of carbonyl (C=O) groups is 3. The molecule has 2 aliphatic rings. The summed E-state index contributed by atoms with van der Waals surface area (Å²) < 4.78 is 4.93. The molecule has 6 heteroatoms. The van der Waals surface area contributed by atoms with Crippen LogP contribution in [0.3, 0.4) is 0 Å². The Labute approximate surface area is 147 Å². The number of carbonyl (C=O) groups excluding carboxylic acids is 3. The summed E-state index contributed by atoms with van der Waals surface area (Å²) in [6.45, 7) is 3.89. The van der Waals surface area contributed by atoms with Crippen molar-refractivity contribution in [1.82, 2.24) is 4.90 Å². The zero-order valence-electron chi connectivity index (χ0n) is 14.6. The topological polar surface area (TPSA) is 66.9 Å². The second-order valence-electron chi connectivity index (χ2n) is 6.53. The summed E-state index contributed by atoms with van der Waals surface area (Å²) in [5.74, 6) is -0.572. The Bertz CT molecular complexity index is 650. The molecule has 2 aliphatic heterocycles. The Hall–Kier alpha value is -2.21. The molecule has 2 amide bonds. The number of hydrogen-bond donors (Lipinski definition) is 0. The van der Waals surface area contributed by atoms with E-state index in [1.165, 1.54) is 11.3 Å². The largest absolute Gasteiger partial charge is 0.466 e. The molecule has 0 bridgehead atoms. The van der Waals surface area contributed by atoms with E-state index in [1.807, 2.05) is 0 Å². The van der Waals surface area contributed by atoms with Crippen LogP contribution < -0.4 is 4.90 Å². The predicted molar refractivity (Wildman–Crippen MR) is 93.1 cm³/mol. The maximum atomic E-state index is 12.8. The summed E-state index contributed by atoms with van der Waals surface area (Å²) in [5, 5.41) is 0. The predicted octanol–water partition coefficient (Wildman–Crippen LogP) is 1.91. The monoisotopic (exact) mass is 344 g/mol. The van der Waals surface area contributed by atoms with Crippen LogP contribution in [0.1, 0.15) is 38.2 Å². The number of likely N-dealkylation sites (tertiary alicyclic amines) is 1. The summed E-state index contributed by atoms with van der Waals surface area (Å²) in [6, 6.07) is 6.65. The normalized spacial score (nSPS) is 21.6. The molecule has 134 valence electrons. The second kappa shape index (κ2) is 7.78. The lowest BCUT2D eigenvalue weighted by Gasteiger charge is -2.30. The van der Waals surface area contributed by atoms with Crippen LogP contribution >= 0.6 is 0 Å². The van der Waals surface area contributed by atoms with Crippen LogP contribution in [0, 0.1) is 0 Å². The molecule has 0 N–H and O–H groups in total. The van der Waals surface area contributed by atoms with Crippen LogP contribution in [-0.2, 0) is 25.5 Å². The van der Waals surface area contributed by atoms with E-state index < -0.39 is 0 Å². The van der Waals surface area contributed by atoms with Crippen molar-refractivity contribution in [1.29, 1.82) is 0 Å². The van der Waals surface area contributed by atoms with Gasteiger partial charge in [-0.05, 0) is 50.6 Å². The number of anilines is 1. The van der Waals surface area contributed by atoms with E-state index in [2.05, 4.69) is 4.90 Å². The zero-order chi connectivity index (χ0) is 17.8. The molecule has 1 aromatic carbocycles. The van der Waals surface area contributed by atoms with Gasteiger partial charge in [-0.15, -0.1) is 0 Å². The highest BCUT2D eigenvalue weighted by atomic mass is 16.5. The van der Waals surface area contributed by atoms with Gasteiger partial charge in [0.1, 0.15) is 0 Å². The number of amides is 2. The van der Waals surface area contributed by atoms with Gasteiger partial charge in [0.15, 0.2) is 0 Å². The van der Waals surface area contributed by atoms with Crippen molar-refractivity contribution >= 4 is 23.5 Å². The summed E-state index contributed by atoms with van der Waals surface area (Å²) in [7, 11) is 0. The Morgan fingerprint density at radius 3 is 2.44 bits per heavy atom. The summed E-state index contributed by atoms with van der Waals surface area (Å²) in [5.41, 5.74) is 1.37. The van der Waals surface area contributed by atoms with Crippen LogP contribution in [-0.4, -0.2) is 48.4 Å². The highest BCUT2D eigenvalue weighted by Gasteiger charge is 2.42. The molecule has 6 nitrogen and oxygen atoms in total. The van der Waals surface area contributed by atoms with Crippen molar-refractivity contribution in [3.63, 3.8) is 0 Å². The van der Waals surface area contributed by atoms with Crippen molar-refractivity contribution in [3.05, 3.63) is 29.8 Å². The number of rotatable bonds is 5. The van der Waals surface area contributed by atoms with Crippen molar-refractivity contribution < 1.29 is 19.1 Å². The van der Waals surface area contributed by atoms with E-state index in [0.717, 1.165) is 31.5 Å². The molecule has 1 aromatic rings. The number of piperidine rings is 1. The maximum Gasteiger partial charge on any atom is 0.310 e. The maximum absolute atomic E-state index is 12.8. The molecule has 0 saturated carbocycles. The number of esters is 1. The van der Waals surface area contributed by atoms with Gasteiger partial charge in [-0.2, -0.15) is 0 Å². The Kier molecular flexibility index (Phi) is 5.48. The number of benzene rings is 1. The summed E-state index contributed by atoms with van der Waals surface area (Å²) >= 11 is 0. The third kappa shape index (κ3) is 3.90. The minimum Gasteiger partial charge on any atom is -0.466 e. The van der Waals surface area contributed by atoms with Gasteiger partial charge in [0.25, 0.3) is 5.91 Å². The molecule has 0 aromatic heterocycles. The van der Waals surface area contributed by atoms with Gasteiger partial charge in [0.2, 0.25) is 5.91 Å². The zero-order valence-corrected chi connectivity index (χ0v) is 14.6. The van der Waals surface area contributed by atoms with Crippen LogP contribution in [0.2, 0.25) is 0 Å². The average Bonchev–Trinajstić information content (AvgIpc) is 2.91. The second-order valence-corrected chi connectivity index (χ2v) is 6.53. The van der Waals surface area contributed by atoms with Crippen molar-refractivity contribution in [2.45, 2.75) is 45.1 Å². The minimum atomic E-state index is -0.327. The van der Waals surface area contributed by atoms with Gasteiger partial charge in [0, 0.05) is 0 Å². The molecule has 2 fully saturated rings. The van der Waals surface area contributed by atoms with E-state index in [4.69, 9.17) is 4.74 Å². The van der Waals surface area contributed by atoms with Gasteiger partial charge in [0.05, 0.1) is 31.2 Å². The molecule has 25 heavy (non-hydrogen) atoms. The van der Waals surface area contributed by atoms with Crippen molar-refractivity contribution in [3.8, 4) is 0 Å². The van der Waals surface area contributed by atoms with Crippen LogP contribution in [0.25, 0.3) is 0 Å². The fraction of sp³-hybridized carbons (Fsp3) is 0.526. The first-order chi connectivity index (χ1) is 12.1. The first-order valence-electron chi connectivity index (χ1n) is 8.95. The average molecular weight is 344 g/mol. The first-order valence-corrected chi connectivity index (χ1v) is 8.95. The number of hydrogen-bond acceptors (Lipinski definition) is 5. The molecule has 0 spiro atoms. The van der Waals surface area contributed by atoms with Crippen LogP contribution in [0.15, 0.2) is 24.3 Å². The van der Waals surface area contributed by atoms with Crippen molar-refractivity contribution in [2.75, 3.05) is 24.6 Å². The fourth-order valence-corrected chi connectivity index (χ4v) is 3.54. The first kappa shape index (κ1) is 17.6. The van der Waals surface area contributed by atoms with Gasteiger partial charge >= 0.3 is 5.97 Å². The lowest BCUT2D eigenvalue weighted by molar-refractivity contribution is -0.142. The summed E-state index contributed by atoms with van der Waals surface area (Å²) in [6.07, 6.45) is 3.80. The van der Waals surface area contributed by atoms with E-state index in [0.29, 0.717) is 12.3 Å². The van der Waals surface area contributed by atoms with Gasteiger partial charge in [-0.25, -0.2) is 4.90 Å². The standard InChI is InChI=1S/C19H24N2O4/c1-2-25-18(23)12-14-6-8-15(9-7-14)21-17(22)13-16(19(21)24)20-10-4-3-5-11-20/h6-9,16H,2-5,10-13H2,1H3/t16-/m1/s1. The SMILES string of the molecule is CCOC(=O)Cc1ccc(N2C(=O)C[C@@H](N3CCCCC3)C2=O)cc1. The Balaban J connectivity index is 1.69. The molecular formula is C19H24N2O4. The third-order valence-electron chi connectivity index (χ3n) is 4.80. The van der Waals surface area contributed by atoms with Gasteiger partial charge in [-0.3, -0.25) is 19.3 Å². The Morgan fingerprint density at radius 1 is 1.12 bits per heavy atom. The van der Waals surface area contributed by atoms with Crippen molar-refractivity contribution in [2.24, 2.45) is 0 Å². The smallest absolute Gasteiger partial charge is 0.310 e. The lowest BCUT2D eigenvalue weighted by Crippen LogP contribution is -2.44. The molecule has 2 heterocycles. The minimum absolute atomic E-state index is 0.134. The molecule has 0 radical (unpaired) electrons. The van der Waals surface area contributed by atoms with E-state index in [-0.39, 0.29) is 36.7 Å². The number of ether oxygens (including phenoxy) is 1. The molecule has 1 atom stereocenters. The van der Waals surface area contributed by atoms with E-state index in [9.17, 15) is 14.4 Å². The third-order valence-corrected chi connectivity index (χ3v) is 4.80. The molecule has 0 aliphatic carbocycles. The molecular weight excluding hydrogens is 320 g/mol. The molecule has 0 unspecified atom stereocenters. The molecule has 3 rings (SSSR count). The summed E-state index contributed by atoms with van der Waals surface area (Å²) in [4.78, 5) is 40.1. The lowest BCUT2D eigenvalue weighted by atomic mass is 10.1. The van der Waals surface area contributed by atoms with Gasteiger partial charge in [-0.1, -0.05) is 18.6 Å². The quantitative estimate of drug-likeness (QED) is 0.603. The van der Waals surface area contributed by atoms with E-state index in [1.54, 1.807) is 31.2 Å².